The van der Waals surface area contributed by atoms with Gasteiger partial charge < -0.3 is 11.1 Å². The molecule has 0 fully saturated rings. The number of hydrogen-bond acceptors (Lipinski definition) is 3. The zero-order chi connectivity index (χ0) is 7.98. The molecule has 0 aliphatic heterocycles. The molecule has 0 spiro atoms. The molecule has 0 bridgehead atoms. The fourth-order valence-corrected chi connectivity index (χ4v) is 1.07. The predicted molar refractivity (Wildman–Crippen MR) is 45.0 cm³/mol. The Hall–Kier alpha value is -0.220. The monoisotopic (exact) mass is 162 g/mol. The zero-order valence-electron chi connectivity index (χ0n) is 6.39. The van der Waals surface area contributed by atoms with Gasteiger partial charge in [0.2, 0.25) is 5.91 Å². The second kappa shape index (κ2) is 5.56. The van der Waals surface area contributed by atoms with Gasteiger partial charge >= 0.3 is 0 Å². The Kier molecular flexibility index (Phi) is 5.43. The highest BCUT2D eigenvalue weighted by Gasteiger charge is 2.09. The van der Waals surface area contributed by atoms with Crippen molar-refractivity contribution in [2.24, 2.45) is 5.73 Å². The Morgan fingerprint density at radius 3 is 2.80 bits per heavy atom. The molecule has 0 saturated heterocycles. The summed E-state index contributed by atoms with van der Waals surface area (Å²) in [5.74, 6) is 0.628. The fourth-order valence-electron chi connectivity index (χ4n) is 0.561. The minimum absolute atomic E-state index is 0.0585. The molecular formula is C6H14N2OS. The maximum Gasteiger partial charge on any atom is 0.237 e. The Bertz CT molecular complexity index is 108. The Labute approximate surface area is 65.7 Å². The summed E-state index contributed by atoms with van der Waals surface area (Å²) in [6.45, 7) is 2.53. The molecule has 1 amide bonds. The number of carbonyl (C=O) groups is 1. The molecule has 0 aliphatic rings. The van der Waals surface area contributed by atoms with Gasteiger partial charge in [0, 0.05) is 12.3 Å². The lowest BCUT2D eigenvalue weighted by molar-refractivity contribution is -0.121. The van der Waals surface area contributed by atoms with E-state index in [0.29, 0.717) is 12.3 Å². The normalized spacial score (nSPS) is 12.7. The molecule has 0 aliphatic carbocycles. The van der Waals surface area contributed by atoms with Crippen LogP contribution in [0.3, 0.4) is 0 Å². The molecular weight excluding hydrogens is 148 g/mol. The SMILES string of the molecule is CCNC(=O)[C@@H](N)CSC. The lowest BCUT2D eigenvalue weighted by atomic mass is 10.3. The van der Waals surface area contributed by atoms with Crippen LogP contribution < -0.4 is 11.1 Å². The summed E-state index contributed by atoms with van der Waals surface area (Å²) in [4.78, 5) is 10.9. The van der Waals surface area contributed by atoms with E-state index in [0.717, 1.165) is 0 Å². The van der Waals surface area contributed by atoms with Crippen LogP contribution in [-0.4, -0.2) is 30.5 Å². The highest BCUT2D eigenvalue weighted by Crippen LogP contribution is 1.93. The van der Waals surface area contributed by atoms with Gasteiger partial charge in [0.05, 0.1) is 6.04 Å². The molecule has 10 heavy (non-hydrogen) atoms. The highest BCUT2D eigenvalue weighted by atomic mass is 32.2. The van der Waals surface area contributed by atoms with Gasteiger partial charge in [-0.05, 0) is 13.2 Å². The van der Waals surface area contributed by atoms with Crippen LogP contribution in [-0.2, 0) is 4.79 Å². The van der Waals surface area contributed by atoms with E-state index in [1.165, 1.54) is 0 Å². The third kappa shape index (κ3) is 3.74. The van der Waals surface area contributed by atoms with Crippen molar-refractivity contribution in [3.63, 3.8) is 0 Å². The molecule has 60 valence electrons. The van der Waals surface area contributed by atoms with E-state index in [1.807, 2.05) is 13.2 Å². The van der Waals surface area contributed by atoms with Crippen molar-refractivity contribution in [1.29, 1.82) is 0 Å². The van der Waals surface area contributed by atoms with E-state index < -0.39 is 0 Å². The number of nitrogens with two attached hydrogens (primary N) is 1. The first-order chi connectivity index (χ1) is 4.72. The van der Waals surface area contributed by atoms with Gasteiger partial charge in [0.25, 0.3) is 0 Å². The van der Waals surface area contributed by atoms with Crippen molar-refractivity contribution < 1.29 is 4.79 Å². The molecule has 0 aromatic heterocycles. The maximum atomic E-state index is 10.9. The molecule has 3 nitrogen and oxygen atoms in total. The molecule has 0 saturated carbocycles. The molecule has 1 atom stereocenters. The summed E-state index contributed by atoms with van der Waals surface area (Å²) in [7, 11) is 0. The van der Waals surface area contributed by atoms with Crippen molar-refractivity contribution in [2.75, 3.05) is 18.6 Å². The van der Waals surface area contributed by atoms with Gasteiger partial charge in [-0.15, -0.1) is 0 Å². The van der Waals surface area contributed by atoms with E-state index in [1.54, 1.807) is 11.8 Å². The summed E-state index contributed by atoms with van der Waals surface area (Å²) in [6.07, 6.45) is 1.93. The summed E-state index contributed by atoms with van der Waals surface area (Å²) in [5, 5.41) is 2.65. The smallest absolute Gasteiger partial charge is 0.237 e. The minimum atomic E-state index is -0.352. The molecule has 0 unspecified atom stereocenters. The van der Waals surface area contributed by atoms with Crippen molar-refractivity contribution in [3.05, 3.63) is 0 Å². The van der Waals surface area contributed by atoms with E-state index in [2.05, 4.69) is 5.32 Å². The van der Waals surface area contributed by atoms with Gasteiger partial charge in [-0.3, -0.25) is 4.79 Å². The number of thioether (sulfide) groups is 1. The largest absolute Gasteiger partial charge is 0.355 e. The second-order valence-corrected chi connectivity index (χ2v) is 2.87. The van der Waals surface area contributed by atoms with E-state index in [4.69, 9.17) is 5.73 Å². The molecule has 3 N–H and O–H groups in total. The topological polar surface area (TPSA) is 55.1 Å². The number of carbonyl (C=O) groups excluding carboxylic acids is 1. The average molecular weight is 162 g/mol. The lowest BCUT2D eigenvalue weighted by Gasteiger charge is -2.08. The van der Waals surface area contributed by atoms with Gasteiger partial charge in [-0.1, -0.05) is 0 Å². The summed E-state index contributed by atoms with van der Waals surface area (Å²) in [6, 6.07) is -0.352. The Morgan fingerprint density at radius 1 is 1.80 bits per heavy atom. The van der Waals surface area contributed by atoms with Gasteiger partial charge in [-0.2, -0.15) is 11.8 Å². The van der Waals surface area contributed by atoms with Crippen molar-refractivity contribution in [3.8, 4) is 0 Å². The van der Waals surface area contributed by atoms with Crippen LogP contribution in [0.5, 0.6) is 0 Å². The van der Waals surface area contributed by atoms with Crippen LogP contribution in [0.1, 0.15) is 6.92 Å². The van der Waals surface area contributed by atoms with Crippen LogP contribution in [0.2, 0.25) is 0 Å². The van der Waals surface area contributed by atoms with Crippen LogP contribution in [0.15, 0.2) is 0 Å². The first-order valence-electron chi connectivity index (χ1n) is 3.24. The van der Waals surface area contributed by atoms with Crippen molar-refractivity contribution in [2.45, 2.75) is 13.0 Å². The van der Waals surface area contributed by atoms with Crippen LogP contribution in [0, 0.1) is 0 Å². The molecule has 0 aromatic carbocycles. The van der Waals surface area contributed by atoms with Gasteiger partial charge in [0.1, 0.15) is 0 Å². The van der Waals surface area contributed by atoms with Crippen LogP contribution >= 0.6 is 11.8 Å². The number of nitrogens with one attached hydrogen (secondary N) is 1. The predicted octanol–water partition coefficient (Wildman–Crippen LogP) is -0.187. The van der Waals surface area contributed by atoms with E-state index in [-0.39, 0.29) is 11.9 Å². The van der Waals surface area contributed by atoms with Crippen LogP contribution in [0.25, 0.3) is 0 Å². The lowest BCUT2D eigenvalue weighted by Crippen LogP contribution is -2.42. The molecule has 0 aromatic rings. The number of hydrogen-bond donors (Lipinski definition) is 2. The van der Waals surface area contributed by atoms with Gasteiger partial charge in [0.15, 0.2) is 0 Å². The van der Waals surface area contributed by atoms with Crippen molar-refractivity contribution >= 4 is 17.7 Å². The second-order valence-electron chi connectivity index (χ2n) is 1.96. The Morgan fingerprint density at radius 2 is 2.40 bits per heavy atom. The maximum absolute atomic E-state index is 10.9. The van der Waals surface area contributed by atoms with Crippen molar-refractivity contribution in [1.82, 2.24) is 5.32 Å². The molecule has 0 radical (unpaired) electrons. The van der Waals surface area contributed by atoms with E-state index >= 15 is 0 Å². The first-order valence-corrected chi connectivity index (χ1v) is 4.64. The first kappa shape index (κ1) is 9.78. The van der Waals surface area contributed by atoms with E-state index in [9.17, 15) is 4.79 Å². The number of rotatable bonds is 4. The quantitative estimate of drug-likeness (QED) is 0.602. The van der Waals surface area contributed by atoms with Crippen LogP contribution in [0.4, 0.5) is 0 Å². The molecule has 0 heterocycles. The standard InChI is InChI=1S/C6H14N2OS/c1-3-8-6(9)5(7)4-10-2/h5H,3-4,7H2,1-2H3,(H,8,9)/t5-/m0/s1. The Balaban J connectivity index is 3.49. The zero-order valence-corrected chi connectivity index (χ0v) is 7.20. The number of likely N-dealkylation sites (N-methyl/N-ethyl adjacent to an activating group) is 1. The third-order valence-electron chi connectivity index (χ3n) is 1.03. The minimum Gasteiger partial charge on any atom is -0.355 e. The van der Waals surface area contributed by atoms with Gasteiger partial charge in [-0.25, -0.2) is 0 Å². The molecule has 4 heteroatoms. The average Bonchev–Trinajstić information content (AvgIpc) is 1.89. The summed E-state index contributed by atoms with van der Waals surface area (Å²) in [5.41, 5.74) is 5.48. The third-order valence-corrected chi connectivity index (χ3v) is 1.73. The summed E-state index contributed by atoms with van der Waals surface area (Å²) < 4.78 is 0. The molecule has 0 rings (SSSR count). The fraction of sp³-hybridized carbons (Fsp3) is 0.833. The number of amides is 1. The summed E-state index contributed by atoms with van der Waals surface area (Å²) >= 11 is 1.58. The highest BCUT2D eigenvalue weighted by molar-refractivity contribution is 7.98.